The summed E-state index contributed by atoms with van der Waals surface area (Å²) in [7, 11) is 0. The van der Waals surface area contributed by atoms with Gasteiger partial charge >= 0.3 is 11.9 Å². The highest BCUT2D eigenvalue weighted by molar-refractivity contribution is 6.63. The molecular formula is C33H61ClO6. The number of carbonyl (C=O) groups is 4. The van der Waals surface area contributed by atoms with Gasteiger partial charge < -0.3 is 9.47 Å². The Hall–Kier alpha value is -1.43. The Kier molecular flexibility index (Phi) is 34.4. The lowest BCUT2D eigenvalue weighted by atomic mass is 10.1. The Balaban J connectivity index is 0. The van der Waals surface area contributed by atoms with Crippen molar-refractivity contribution >= 4 is 34.6 Å². The predicted molar refractivity (Wildman–Crippen MR) is 166 cm³/mol. The summed E-state index contributed by atoms with van der Waals surface area (Å²) in [6.45, 7) is 5.98. The van der Waals surface area contributed by atoms with E-state index in [0.29, 0.717) is 19.3 Å². The van der Waals surface area contributed by atoms with Crippen LogP contribution in [0.25, 0.3) is 0 Å². The molecule has 0 unspecified atom stereocenters. The Bertz CT molecular complexity index is 572. The summed E-state index contributed by atoms with van der Waals surface area (Å²) in [4.78, 5) is 45.2. The zero-order valence-electron chi connectivity index (χ0n) is 26.2. The monoisotopic (exact) mass is 588 g/mol. The summed E-state index contributed by atoms with van der Waals surface area (Å²) in [5.74, 6) is -1.08. The minimum Gasteiger partial charge on any atom is -0.458 e. The van der Waals surface area contributed by atoms with Crippen LogP contribution in [0.1, 0.15) is 175 Å². The van der Waals surface area contributed by atoms with Gasteiger partial charge in [-0.2, -0.15) is 0 Å². The molecule has 0 aliphatic carbocycles. The summed E-state index contributed by atoms with van der Waals surface area (Å²) in [6, 6.07) is 0. The van der Waals surface area contributed by atoms with Gasteiger partial charge in [0.25, 0.3) is 0 Å². The molecule has 0 rings (SSSR count). The molecule has 0 fully saturated rings. The van der Waals surface area contributed by atoms with Crippen LogP contribution in [0, 0.1) is 0 Å². The Labute approximate surface area is 251 Å². The summed E-state index contributed by atoms with van der Waals surface area (Å²) >= 11 is 5.20. The first-order valence-corrected chi connectivity index (χ1v) is 16.8. The van der Waals surface area contributed by atoms with Crippen molar-refractivity contribution in [2.24, 2.45) is 0 Å². The molecule has 0 radical (unpaired) electrons. The summed E-state index contributed by atoms with van der Waals surface area (Å²) in [5.41, 5.74) is 0. The normalized spacial score (nSPS) is 10.5. The maximum atomic E-state index is 11.7. The molecule has 0 atom stereocenters. The van der Waals surface area contributed by atoms with Gasteiger partial charge in [0.05, 0.1) is 0 Å². The quantitative estimate of drug-likeness (QED) is 0.0513. The van der Waals surface area contributed by atoms with Crippen molar-refractivity contribution in [3.8, 4) is 0 Å². The third-order valence-electron chi connectivity index (χ3n) is 6.73. The predicted octanol–water partition coefficient (Wildman–Crippen LogP) is 9.82. The number of Topliss-reactive ketones (excluding diaryl/α,β-unsaturated/α-hetero) is 1. The number of rotatable bonds is 28. The number of ether oxygens (including phenoxy) is 2. The number of hydrogen-bond acceptors (Lipinski definition) is 6. The Morgan fingerprint density at radius 3 is 1.00 bits per heavy atom. The van der Waals surface area contributed by atoms with Crippen LogP contribution in [0.15, 0.2) is 0 Å². The van der Waals surface area contributed by atoms with Gasteiger partial charge in [0, 0.05) is 19.3 Å². The van der Waals surface area contributed by atoms with Gasteiger partial charge in [-0.05, 0) is 30.9 Å². The molecular weight excluding hydrogens is 528 g/mol. The minimum atomic E-state index is -0.374. The van der Waals surface area contributed by atoms with Crippen molar-refractivity contribution in [3.05, 3.63) is 0 Å². The van der Waals surface area contributed by atoms with Gasteiger partial charge in [-0.3, -0.25) is 19.2 Å². The highest BCUT2D eigenvalue weighted by Gasteiger charge is 2.11. The van der Waals surface area contributed by atoms with E-state index in [9.17, 15) is 19.2 Å². The van der Waals surface area contributed by atoms with Crippen LogP contribution >= 0.6 is 11.6 Å². The molecule has 0 aromatic carbocycles. The largest absolute Gasteiger partial charge is 0.458 e. The molecule has 0 aromatic heterocycles. The van der Waals surface area contributed by atoms with Crippen molar-refractivity contribution in [2.75, 3.05) is 13.2 Å². The maximum absolute atomic E-state index is 11.7. The third-order valence-corrected chi connectivity index (χ3v) is 6.92. The van der Waals surface area contributed by atoms with E-state index in [2.05, 4.69) is 20.8 Å². The van der Waals surface area contributed by atoms with Crippen LogP contribution in [0.4, 0.5) is 0 Å². The molecule has 0 amide bonds. The fourth-order valence-electron chi connectivity index (χ4n) is 4.18. The molecule has 0 spiro atoms. The SMILES string of the molecule is CCCCCCCCCC(=O)Cl.CCCCCCCCCC(=O)OCC(=O)COC(=O)CCCCCCCCC. The fourth-order valence-corrected chi connectivity index (χ4v) is 4.32. The second kappa shape index (κ2) is 33.8. The molecule has 0 saturated carbocycles. The Morgan fingerprint density at radius 2 is 0.700 bits per heavy atom. The smallest absolute Gasteiger partial charge is 0.306 e. The number of ketones is 1. The van der Waals surface area contributed by atoms with E-state index in [1.165, 1.54) is 83.5 Å². The molecule has 0 heterocycles. The fraction of sp³-hybridized carbons (Fsp3) is 0.879. The van der Waals surface area contributed by atoms with E-state index < -0.39 is 0 Å². The maximum Gasteiger partial charge on any atom is 0.306 e. The van der Waals surface area contributed by atoms with Gasteiger partial charge in [0.15, 0.2) is 13.2 Å². The zero-order valence-corrected chi connectivity index (χ0v) is 27.0. The second-order valence-electron chi connectivity index (χ2n) is 10.8. The first-order chi connectivity index (χ1) is 19.4. The van der Waals surface area contributed by atoms with Gasteiger partial charge in [-0.15, -0.1) is 0 Å². The summed E-state index contributed by atoms with van der Waals surface area (Å²) in [6.07, 6.45) is 25.8. The van der Waals surface area contributed by atoms with Crippen molar-refractivity contribution < 1.29 is 28.7 Å². The average molecular weight is 589 g/mol. The molecule has 0 saturated heterocycles. The van der Waals surface area contributed by atoms with E-state index in [-0.39, 0.29) is 36.2 Å². The van der Waals surface area contributed by atoms with Gasteiger partial charge in [-0.1, -0.05) is 136 Å². The second-order valence-corrected chi connectivity index (χ2v) is 11.3. The molecule has 0 aliphatic heterocycles. The zero-order chi connectivity index (χ0) is 30.1. The molecule has 0 aliphatic rings. The Morgan fingerprint density at radius 1 is 0.425 bits per heavy atom. The third kappa shape index (κ3) is 36.6. The van der Waals surface area contributed by atoms with Gasteiger partial charge in [0.2, 0.25) is 11.0 Å². The standard InChI is InChI=1S/C23H42O5.C10H19ClO/c1-3-5-7-9-11-13-15-17-22(25)27-19-21(24)20-28-23(26)18-16-14-12-10-8-6-4-2;1-2-3-4-5-6-7-8-9-10(11)12/h3-20H2,1-2H3;2-9H2,1H3. The van der Waals surface area contributed by atoms with Gasteiger partial charge in [-0.25, -0.2) is 0 Å². The molecule has 0 N–H and O–H groups in total. The molecule has 40 heavy (non-hydrogen) atoms. The van der Waals surface area contributed by atoms with Crippen LogP contribution in [0.5, 0.6) is 0 Å². The van der Waals surface area contributed by atoms with Crippen LogP contribution < -0.4 is 0 Å². The highest BCUT2D eigenvalue weighted by atomic mass is 35.5. The lowest BCUT2D eigenvalue weighted by molar-refractivity contribution is -0.153. The van der Waals surface area contributed by atoms with Crippen molar-refractivity contribution in [1.29, 1.82) is 0 Å². The average Bonchev–Trinajstić information content (AvgIpc) is 2.93. The molecule has 0 aromatic rings. The number of carbonyl (C=O) groups excluding carboxylic acids is 4. The van der Waals surface area contributed by atoms with E-state index >= 15 is 0 Å². The van der Waals surface area contributed by atoms with Crippen LogP contribution in [0.3, 0.4) is 0 Å². The van der Waals surface area contributed by atoms with Crippen molar-refractivity contribution in [3.63, 3.8) is 0 Å². The topological polar surface area (TPSA) is 86.7 Å². The first-order valence-electron chi connectivity index (χ1n) is 16.4. The lowest BCUT2D eigenvalue weighted by Gasteiger charge is -2.06. The lowest BCUT2D eigenvalue weighted by Crippen LogP contribution is -2.20. The van der Waals surface area contributed by atoms with E-state index in [1.807, 2.05) is 0 Å². The molecule has 236 valence electrons. The van der Waals surface area contributed by atoms with Crippen LogP contribution in [0.2, 0.25) is 0 Å². The molecule has 7 heteroatoms. The van der Waals surface area contributed by atoms with Crippen LogP contribution in [-0.4, -0.2) is 36.2 Å². The number of unbranched alkanes of at least 4 members (excludes halogenated alkanes) is 18. The number of halogens is 1. The molecule has 6 nitrogen and oxygen atoms in total. The molecule has 0 bridgehead atoms. The highest BCUT2D eigenvalue weighted by Crippen LogP contribution is 2.11. The van der Waals surface area contributed by atoms with Crippen molar-refractivity contribution in [1.82, 2.24) is 0 Å². The minimum absolute atomic E-state index is 0.191. The van der Waals surface area contributed by atoms with Crippen molar-refractivity contribution in [2.45, 2.75) is 175 Å². The number of esters is 2. The number of hydrogen-bond donors (Lipinski definition) is 0. The van der Waals surface area contributed by atoms with E-state index in [4.69, 9.17) is 21.1 Å². The van der Waals surface area contributed by atoms with Gasteiger partial charge in [0.1, 0.15) is 0 Å². The first kappa shape index (κ1) is 40.7. The summed E-state index contributed by atoms with van der Waals surface area (Å²) < 4.78 is 9.89. The van der Waals surface area contributed by atoms with E-state index in [1.54, 1.807) is 0 Å². The summed E-state index contributed by atoms with van der Waals surface area (Å²) in [5, 5.41) is -0.191. The van der Waals surface area contributed by atoms with Crippen LogP contribution in [-0.2, 0) is 28.7 Å². The van der Waals surface area contributed by atoms with E-state index in [0.717, 1.165) is 51.4 Å².